The van der Waals surface area contributed by atoms with Gasteiger partial charge in [-0.25, -0.2) is 0 Å². The minimum Gasteiger partial charge on any atom is -0.352 e. The second kappa shape index (κ2) is 5.72. The van der Waals surface area contributed by atoms with Crippen LogP contribution in [0.3, 0.4) is 0 Å². The van der Waals surface area contributed by atoms with Crippen LogP contribution in [0.5, 0.6) is 0 Å². The fourth-order valence-electron chi connectivity index (χ4n) is 1.85. The van der Waals surface area contributed by atoms with Crippen molar-refractivity contribution in [1.29, 1.82) is 0 Å². The third-order valence-corrected chi connectivity index (χ3v) is 3.44. The summed E-state index contributed by atoms with van der Waals surface area (Å²) < 4.78 is 0. The van der Waals surface area contributed by atoms with Crippen molar-refractivity contribution < 1.29 is 4.79 Å². The fourth-order valence-corrected chi connectivity index (χ4v) is 1.98. The van der Waals surface area contributed by atoms with E-state index >= 15 is 0 Å². The van der Waals surface area contributed by atoms with E-state index in [1.165, 1.54) is 0 Å². The molecular formula is C14H19ClN2O. The molecule has 2 rings (SSSR count). The molecule has 1 aromatic rings. The topological polar surface area (TPSA) is 41.1 Å². The largest absolute Gasteiger partial charge is 0.352 e. The second-order valence-corrected chi connectivity index (χ2v) is 5.38. The zero-order chi connectivity index (χ0) is 13.1. The molecule has 0 aliphatic heterocycles. The molecule has 18 heavy (non-hydrogen) atoms. The first kappa shape index (κ1) is 13.4. The summed E-state index contributed by atoms with van der Waals surface area (Å²) in [5.41, 5.74) is 1.13. The van der Waals surface area contributed by atoms with E-state index in [1.807, 2.05) is 38.1 Å². The lowest BCUT2D eigenvalue weighted by atomic mass is 10.1. The Bertz CT molecular complexity index is 414. The van der Waals surface area contributed by atoms with Crippen LogP contribution in [0.15, 0.2) is 24.3 Å². The molecule has 0 radical (unpaired) electrons. The van der Waals surface area contributed by atoms with Crippen LogP contribution >= 0.6 is 11.6 Å². The van der Waals surface area contributed by atoms with Gasteiger partial charge >= 0.3 is 0 Å². The number of carbonyl (C=O) groups is 1. The van der Waals surface area contributed by atoms with Gasteiger partial charge in [-0.2, -0.15) is 0 Å². The molecule has 1 aliphatic rings. The first-order chi connectivity index (χ1) is 8.56. The SMILES string of the molecule is C[C@H](N[C@H](C)C(=O)NC1CC1)c1ccc(Cl)cc1. The summed E-state index contributed by atoms with van der Waals surface area (Å²) in [5, 5.41) is 7.02. The molecule has 98 valence electrons. The molecule has 0 heterocycles. The van der Waals surface area contributed by atoms with Gasteiger partial charge in [0.15, 0.2) is 0 Å². The van der Waals surface area contributed by atoms with E-state index in [0.29, 0.717) is 6.04 Å². The van der Waals surface area contributed by atoms with Gasteiger partial charge in [0, 0.05) is 17.1 Å². The van der Waals surface area contributed by atoms with Crippen molar-refractivity contribution in [3.63, 3.8) is 0 Å². The average Bonchev–Trinajstić information content (AvgIpc) is 3.13. The van der Waals surface area contributed by atoms with Gasteiger partial charge in [0.25, 0.3) is 0 Å². The highest BCUT2D eigenvalue weighted by Crippen LogP contribution is 2.19. The zero-order valence-electron chi connectivity index (χ0n) is 10.7. The van der Waals surface area contributed by atoms with Crippen molar-refractivity contribution in [3.8, 4) is 0 Å². The molecule has 1 saturated carbocycles. The lowest BCUT2D eigenvalue weighted by Gasteiger charge is -2.20. The number of benzene rings is 1. The van der Waals surface area contributed by atoms with Crippen molar-refractivity contribution in [2.45, 2.75) is 44.8 Å². The Labute approximate surface area is 113 Å². The molecule has 4 heteroatoms. The molecule has 3 nitrogen and oxygen atoms in total. The predicted molar refractivity (Wildman–Crippen MR) is 73.6 cm³/mol. The van der Waals surface area contributed by atoms with Crippen LogP contribution in [-0.2, 0) is 4.79 Å². The maximum Gasteiger partial charge on any atom is 0.237 e. The molecule has 1 aliphatic carbocycles. The average molecular weight is 267 g/mol. The van der Waals surface area contributed by atoms with E-state index < -0.39 is 0 Å². The number of nitrogens with one attached hydrogen (secondary N) is 2. The van der Waals surface area contributed by atoms with Crippen molar-refractivity contribution in [1.82, 2.24) is 10.6 Å². The Morgan fingerprint density at radius 3 is 2.44 bits per heavy atom. The van der Waals surface area contributed by atoms with Crippen molar-refractivity contribution in [2.24, 2.45) is 0 Å². The minimum absolute atomic E-state index is 0.0818. The van der Waals surface area contributed by atoms with E-state index in [-0.39, 0.29) is 18.0 Å². The van der Waals surface area contributed by atoms with Crippen molar-refractivity contribution >= 4 is 17.5 Å². The summed E-state index contributed by atoms with van der Waals surface area (Å²) in [6.07, 6.45) is 2.23. The maximum absolute atomic E-state index is 11.8. The Hall–Kier alpha value is -1.06. The standard InChI is InChI=1S/C14H19ClN2O/c1-9(11-3-5-12(15)6-4-11)16-10(2)14(18)17-13-7-8-13/h3-6,9-10,13,16H,7-8H2,1-2H3,(H,17,18)/t9-,10+/m0/s1. The van der Waals surface area contributed by atoms with Crippen LogP contribution in [-0.4, -0.2) is 18.0 Å². The predicted octanol–water partition coefficient (Wildman–Crippen LogP) is 2.66. The van der Waals surface area contributed by atoms with E-state index in [2.05, 4.69) is 10.6 Å². The van der Waals surface area contributed by atoms with Crippen LogP contribution in [0.2, 0.25) is 5.02 Å². The second-order valence-electron chi connectivity index (χ2n) is 4.94. The zero-order valence-corrected chi connectivity index (χ0v) is 11.5. The number of amides is 1. The summed E-state index contributed by atoms with van der Waals surface area (Å²) >= 11 is 5.85. The lowest BCUT2D eigenvalue weighted by Crippen LogP contribution is -2.43. The van der Waals surface area contributed by atoms with Crippen molar-refractivity contribution in [2.75, 3.05) is 0 Å². The monoisotopic (exact) mass is 266 g/mol. The maximum atomic E-state index is 11.8. The summed E-state index contributed by atoms with van der Waals surface area (Å²) in [4.78, 5) is 11.8. The fraction of sp³-hybridized carbons (Fsp3) is 0.500. The highest BCUT2D eigenvalue weighted by Gasteiger charge is 2.26. The third kappa shape index (κ3) is 3.72. The quantitative estimate of drug-likeness (QED) is 0.860. The number of hydrogen-bond acceptors (Lipinski definition) is 2. The summed E-state index contributed by atoms with van der Waals surface area (Å²) in [6.45, 7) is 3.94. The number of rotatable bonds is 5. The Balaban J connectivity index is 1.87. The third-order valence-electron chi connectivity index (χ3n) is 3.19. The highest BCUT2D eigenvalue weighted by molar-refractivity contribution is 6.30. The molecule has 0 aromatic heterocycles. The van der Waals surface area contributed by atoms with Gasteiger partial charge in [-0.1, -0.05) is 23.7 Å². The van der Waals surface area contributed by atoms with Crippen LogP contribution in [0, 0.1) is 0 Å². The molecule has 2 atom stereocenters. The van der Waals surface area contributed by atoms with Crippen LogP contribution in [0.4, 0.5) is 0 Å². The molecule has 1 fully saturated rings. The van der Waals surface area contributed by atoms with Gasteiger partial charge in [0.05, 0.1) is 6.04 Å². The Morgan fingerprint density at radius 1 is 1.28 bits per heavy atom. The lowest BCUT2D eigenvalue weighted by molar-refractivity contribution is -0.123. The summed E-state index contributed by atoms with van der Waals surface area (Å²) in [7, 11) is 0. The highest BCUT2D eigenvalue weighted by atomic mass is 35.5. The molecule has 1 aromatic carbocycles. The molecule has 2 N–H and O–H groups in total. The number of carbonyl (C=O) groups excluding carboxylic acids is 1. The van der Waals surface area contributed by atoms with Crippen molar-refractivity contribution in [3.05, 3.63) is 34.9 Å². The van der Waals surface area contributed by atoms with Crippen LogP contribution in [0.1, 0.15) is 38.3 Å². The van der Waals surface area contributed by atoms with Gasteiger partial charge in [0.2, 0.25) is 5.91 Å². The summed E-state index contributed by atoms with van der Waals surface area (Å²) in [5.74, 6) is 0.0818. The first-order valence-corrected chi connectivity index (χ1v) is 6.76. The molecule has 0 bridgehead atoms. The smallest absolute Gasteiger partial charge is 0.237 e. The Morgan fingerprint density at radius 2 is 1.89 bits per heavy atom. The number of hydrogen-bond donors (Lipinski definition) is 2. The van der Waals surface area contributed by atoms with E-state index in [0.717, 1.165) is 23.4 Å². The molecular weight excluding hydrogens is 248 g/mol. The normalized spacial score (nSPS) is 18.2. The first-order valence-electron chi connectivity index (χ1n) is 6.38. The van der Waals surface area contributed by atoms with Gasteiger partial charge in [-0.3, -0.25) is 10.1 Å². The molecule has 0 unspecified atom stereocenters. The molecule has 0 saturated heterocycles. The Kier molecular flexibility index (Phi) is 4.25. The minimum atomic E-state index is -0.184. The van der Waals surface area contributed by atoms with Gasteiger partial charge < -0.3 is 5.32 Å². The van der Waals surface area contributed by atoms with Gasteiger partial charge in [-0.15, -0.1) is 0 Å². The number of halogens is 1. The summed E-state index contributed by atoms with van der Waals surface area (Å²) in [6, 6.07) is 8.04. The van der Waals surface area contributed by atoms with E-state index in [4.69, 9.17) is 11.6 Å². The van der Waals surface area contributed by atoms with E-state index in [1.54, 1.807) is 0 Å². The van der Waals surface area contributed by atoms with Crippen LogP contribution in [0.25, 0.3) is 0 Å². The molecule has 0 spiro atoms. The molecule has 1 amide bonds. The van der Waals surface area contributed by atoms with Crippen LogP contribution < -0.4 is 10.6 Å². The van der Waals surface area contributed by atoms with E-state index in [9.17, 15) is 4.79 Å². The van der Waals surface area contributed by atoms with Gasteiger partial charge in [-0.05, 0) is 44.4 Å². The van der Waals surface area contributed by atoms with Gasteiger partial charge in [0.1, 0.15) is 0 Å².